The molecule has 1 aliphatic heterocycles. The molecule has 0 aliphatic carbocycles. The van der Waals surface area contributed by atoms with Crippen LogP contribution in [0.5, 0.6) is 11.5 Å². The smallest absolute Gasteiger partial charge is 0.187 e. The maximum Gasteiger partial charge on any atom is 0.187 e. The Bertz CT molecular complexity index is 987. The number of aromatic nitrogens is 1. The Kier molecular flexibility index (Phi) is 4.35. The fraction of sp³-hybridized carbons (Fsp3) is 0.318. The first-order valence-electron chi connectivity index (χ1n) is 9.05. The average Bonchev–Trinajstić information content (AvgIpc) is 3.19. The number of para-hydroxylation sites is 1. The minimum Gasteiger partial charge on any atom is -0.493 e. The Morgan fingerprint density at radius 1 is 1.19 bits per heavy atom. The van der Waals surface area contributed by atoms with Crippen LogP contribution in [0.3, 0.4) is 0 Å². The second-order valence-corrected chi connectivity index (χ2v) is 8.49. The number of hydrogen-bond acceptors (Lipinski definition) is 5. The number of hydrogen-bond donors (Lipinski definition) is 1. The number of rotatable bonds is 4. The van der Waals surface area contributed by atoms with Crippen molar-refractivity contribution in [2.75, 3.05) is 12.4 Å². The van der Waals surface area contributed by atoms with Gasteiger partial charge in [-0.25, -0.2) is 4.98 Å². The van der Waals surface area contributed by atoms with Crippen LogP contribution in [-0.2, 0) is 6.42 Å². The number of methoxy groups -OCH3 is 1. The molecular weight excluding hydrogens is 356 g/mol. The van der Waals surface area contributed by atoms with Gasteiger partial charge in [0, 0.05) is 28.6 Å². The zero-order valence-corrected chi connectivity index (χ0v) is 17.2. The summed E-state index contributed by atoms with van der Waals surface area (Å²) in [4.78, 5) is 4.81. The van der Waals surface area contributed by atoms with Gasteiger partial charge in [0.15, 0.2) is 16.6 Å². The highest BCUT2D eigenvalue weighted by Gasteiger charge is 2.33. The maximum atomic E-state index is 6.06. The normalized spacial score (nSPS) is 14.6. The molecule has 4 nitrogen and oxygen atoms in total. The van der Waals surface area contributed by atoms with Crippen molar-refractivity contribution < 1.29 is 9.47 Å². The SMILES string of the molecule is COc1cc(-c2csc(Nc3c(C)cccc3C)n2)cc2c1OC(C)(C)C2. The van der Waals surface area contributed by atoms with Gasteiger partial charge in [0.05, 0.1) is 12.8 Å². The predicted octanol–water partition coefficient (Wildman–Crippen LogP) is 5.89. The summed E-state index contributed by atoms with van der Waals surface area (Å²) in [6.45, 7) is 8.41. The first kappa shape index (κ1) is 17.9. The van der Waals surface area contributed by atoms with E-state index in [9.17, 15) is 0 Å². The van der Waals surface area contributed by atoms with Crippen LogP contribution in [0.2, 0.25) is 0 Å². The molecule has 0 atom stereocenters. The summed E-state index contributed by atoms with van der Waals surface area (Å²) in [5.41, 5.74) is 6.52. The summed E-state index contributed by atoms with van der Waals surface area (Å²) in [5, 5.41) is 6.44. The van der Waals surface area contributed by atoms with E-state index in [1.807, 2.05) is 6.07 Å². The molecule has 2 heterocycles. The molecule has 4 rings (SSSR count). The highest BCUT2D eigenvalue weighted by Crippen LogP contribution is 2.44. The fourth-order valence-corrected chi connectivity index (χ4v) is 4.28. The van der Waals surface area contributed by atoms with E-state index >= 15 is 0 Å². The summed E-state index contributed by atoms with van der Waals surface area (Å²) in [5.74, 6) is 1.63. The molecule has 5 heteroatoms. The third kappa shape index (κ3) is 3.39. The van der Waals surface area contributed by atoms with Gasteiger partial charge < -0.3 is 14.8 Å². The lowest BCUT2D eigenvalue weighted by Crippen LogP contribution is -2.24. The molecule has 0 fully saturated rings. The van der Waals surface area contributed by atoms with Gasteiger partial charge in [0.25, 0.3) is 0 Å². The minimum atomic E-state index is -0.203. The van der Waals surface area contributed by atoms with Crippen LogP contribution in [-0.4, -0.2) is 17.7 Å². The standard InChI is InChI=1S/C22H24N2O2S/c1-13-7-6-8-14(2)19(13)24-21-23-17(12-27-21)15-9-16-11-22(3,4)26-20(16)18(10-15)25-5/h6-10,12H,11H2,1-5H3,(H,23,24). The van der Waals surface area contributed by atoms with Crippen LogP contribution in [0.1, 0.15) is 30.5 Å². The maximum absolute atomic E-state index is 6.06. The van der Waals surface area contributed by atoms with Crippen LogP contribution in [0.15, 0.2) is 35.7 Å². The van der Waals surface area contributed by atoms with Gasteiger partial charge in [0.2, 0.25) is 0 Å². The number of nitrogens with one attached hydrogen (secondary N) is 1. The molecule has 140 valence electrons. The van der Waals surface area contributed by atoms with E-state index < -0.39 is 0 Å². The monoisotopic (exact) mass is 380 g/mol. The highest BCUT2D eigenvalue weighted by atomic mass is 32.1. The zero-order valence-electron chi connectivity index (χ0n) is 16.3. The van der Waals surface area contributed by atoms with Crippen molar-refractivity contribution in [3.8, 4) is 22.8 Å². The molecule has 2 aromatic carbocycles. The zero-order chi connectivity index (χ0) is 19.2. The molecule has 0 unspecified atom stereocenters. The van der Waals surface area contributed by atoms with Gasteiger partial charge in [-0.3, -0.25) is 0 Å². The van der Waals surface area contributed by atoms with Crippen LogP contribution in [0.25, 0.3) is 11.3 Å². The molecule has 0 saturated heterocycles. The number of benzene rings is 2. The second-order valence-electron chi connectivity index (χ2n) is 7.63. The topological polar surface area (TPSA) is 43.4 Å². The van der Waals surface area contributed by atoms with Crippen LogP contribution >= 0.6 is 11.3 Å². The van der Waals surface area contributed by atoms with E-state index in [0.29, 0.717) is 0 Å². The molecule has 3 aromatic rings. The Morgan fingerprint density at radius 2 is 1.93 bits per heavy atom. The van der Waals surface area contributed by atoms with Crippen molar-refractivity contribution in [2.45, 2.75) is 39.7 Å². The molecule has 0 bridgehead atoms. The number of fused-ring (bicyclic) bond motifs is 1. The molecule has 0 saturated carbocycles. The molecule has 27 heavy (non-hydrogen) atoms. The van der Waals surface area contributed by atoms with Crippen molar-refractivity contribution >= 4 is 22.2 Å². The first-order chi connectivity index (χ1) is 12.9. The van der Waals surface area contributed by atoms with Crippen molar-refractivity contribution in [3.63, 3.8) is 0 Å². The number of anilines is 2. The van der Waals surface area contributed by atoms with E-state index in [1.54, 1.807) is 18.4 Å². The number of aryl methyl sites for hydroxylation is 2. The summed E-state index contributed by atoms with van der Waals surface area (Å²) < 4.78 is 11.6. The third-order valence-electron chi connectivity index (χ3n) is 4.86. The lowest BCUT2D eigenvalue weighted by atomic mass is 9.99. The van der Waals surface area contributed by atoms with Gasteiger partial charge in [-0.15, -0.1) is 11.3 Å². The van der Waals surface area contributed by atoms with Crippen molar-refractivity contribution in [1.29, 1.82) is 0 Å². The second kappa shape index (κ2) is 6.57. The summed E-state index contributed by atoms with van der Waals surface area (Å²) in [6, 6.07) is 10.5. The molecule has 0 amide bonds. The largest absolute Gasteiger partial charge is 0.493 e. The Balaban J connectivity index is 1.66. The molecule has 1 aromatic heterocycles. The molecule has 0 spiro atoms. The van der Waals surface area contributed by atoms with E-state index in [-0.39, 0.29) is 5.60 Å². The van der Waals surface area contributed by atoms with Crippen molar-refractivity contribution in [3.05, 3.63) is 52.4 Å². The van der Waals surface area contributed by atoms with Crippen LogP contribution < -0.4 is 14.8 Å². The van der Waals surface area contributed by atoms with Gasteiger partial charge in [0.1, 0.15) is 5.60 Å². The molecule has 1 N–H and O–H groups in total. The average molecular weight is 381 g/mol. The lowest BCUT2D eigenvalue weighted by Gasteiger charge is -2.17. The first-order valence-corrected chi connectivity index (χ1v) is 9.93. The van der Waals surface area contributed by atoms with Gasteiger partial charge in [-0.05, 0) is 51.0 Å². The van der Waals surface area contributed by atoms with Gasteiger partial charge in [-0.1, -0.05) is 18.2 Å². The quantitative estimate of drug-likeness (QED) is 0.613. The molecular formula is C22H24N2O2S. The number of nitrogens with zero attached hydrogens (tertiary/aromatic N) is 1. The van der Waals surface area contributed by atoms with Crippen LogP contribution in [0, 0.1) is 13.8 Å². The van der Waals surface area contributed by atoms with E-state index in [2.05, 4.69) is 62.7 Å². The van der Waals surface area contributed by atoms with E-state index in [1.165, 1.54) is 16.7 Å². The summed E-state index contributed by atoms with van der Waals surface area (Å²) in [6.07, 6.45) is 0.865. The fourth-order valence-electron chi connectivity index (χ4n) is 3.56. The van der Waals surface area contributed by atoms with Gasteiger partial charge >= 0.3 is 0 Å². The van der Waals surface area contributed by atoms with Gasteiger partial charge in [-0.2, -0.15) is 0 Å². The minimum absolute atomic E-state index is 0.203. The van der Waals surface area contributed by atoms with Crippen molar-refractivity contribution in [2.24, 2.45) is 0 Å². The van der Waals surface area contributed by atoms with Crippen molar-refractivity contribution in [1.82, 2.24) is 4.98 Å². The lowest BCUT2D eigenvalue weighted by molar-refractivity contribution is 0.134. The van der Waals surface area contributed by atoms with E-state index in [4.69, 9.17) is 14.5 Å². The Labute approximate surface area is 164 Å². The summed E-state index contributed by atoms with van der Waals surface area (Å²) in [7, 11) is 1.68. The predicted molar refractivity (Wildman–Crippen MR) is 112 cm³/mol. The van der Waals surface area contributed by atoms with E-state index in [0.717, 1.165) is 40.0 Å². The highest BCUT2D eigenvalue weighted by molar-refractivity contribution is 7.14. The number of ether oxygens (including phenoxy) is 2. The number of thiazole rings is 1. The Hall–Kier alpha value is -2.53. The summed E-state index contributed by atoms with van der Waals surface area (Å²) >= 11 is 1.61. The molecule has 1 aliphatic rings. The Morgan fingerprint density at radius 3 is 2.63 bits per heavy atom. The van der Waals surface area contributed by atoms with Crippen LogP contribution in [0.4, 0.5) is 10.8 Å². The molecule has 0 radical (unpaired) electrons. The third-order valence-corrected chi connectivity index (χ3v) is 5.62.